The second kappa shape index (κ2) is 18.4. The van der Waals surface area contributed by atoms with Crippen LogP contribution >= 0.6 is 0 Å². The lowest BCUT2D eigenvalue weighted by molar-refractivity contribution is -0.121. The summed E-state index contributed by atoms with van der Waals surface area (Å²) in [6.45, 7) is 2.69. The van der Waals surface area contributed by atoms with Gasteiger partial charge in [0.2, 0.25) is 0 Å². The molecule has 6 bridgehead atoms. The van der Waals surface area contributed by atoms with Crippen LogP contribution in [0.3, 0.4) is 0 Å². The average molecular weight is 718 g/mol. The quantitative estimate of drug-likeness (QED) is 0.0993. The number of Topliss-reactive ketones (excluding diaryl/α,β-unsaturated/α-hetero) is 1. The molecule has 3 aliphatic rings. The first-order valence-corrected chi connectivity index (χ1v) is 19.5. The number of benzene rings is 4. The third kappa shape index (κ3) is 10.7. The highest BCUT2D eigenvalue weighted by molar-refractivity contribution is 5.88. The fraction of sp³-hybridized carbons (Fsp3) is 0.457. The van der Waals surface area contributed by atoms with Crippen molar-refractivity contribution in [1.29, 1.82) is 0 Å². The average Bonchev–Trinajstić information content (AvgIpc) is 3.62. The molecule has 4 aromatic carbocycles. The molecule has 7 heteroatoms. The Morgan fingerprint density at radius 3 is 2.66 bits per heavy atom. The molecule has 0 amide bonds. The minimum absolute atomic E-state index is 0.153. The number of fused-ring (bicyclic) bond motifs is 9. The molecule has 0 radical (unpaired) electrons. The molecule has 2 heterocycles. The van der Waals surface area contributed by atoms with Gasteiger partial charge >= 0.3 is 0 Å². The molecule has 0 aromatic heterocycles. The molecule has 1 fully saturated rings. The van der Waals surface area contributed by atoms with Crippen LogP contribution in [0.15, 0.2) is 72.8 Å². The van der Waals surface area contributed by atoms with Gasteiger partial charge in [-0.15, -0.1) is 0 Å². The number of aromatic hydroxyl groups is 1. The Hall–Kier alpha value is -4.67. The van der Waals surface area contributed by atoms with E-state index >= 15 is 0 Å². The van der Waals surface area contributed by atoms with E-state index in [4.69, 9.17) is 14.2 Å². The normalized spacial score (nSPS) is 17.9. The highest BCUT2D eigenvalue weighted by atomic mass is 16.5. The Balaban J connectivity index is 1.15. The molecule has 280 valence electrons. The molecule has 7 nitrogen and oxygen atoms in total. The number of phenols is 1. The number of rotatable bonds is 12. The zero-order valence-electron chi connectivity index (χ0n) is 31.4. The first kappa shape index (κ1) is 38.1. The topological polar surface area (TPSA) is 97.2 Å². The number of carbonyl (C=O) groups excluding carboxylic acids is 1. The lowest BCUT2D eigenvalue weighted by Crippen LogP contribution is -2.27. The number of aliphatic hydroxyl groups is 1. The van der Waals surface area contributed by atoms with Crippen LogP contribution in [0.1, 0.15) is 99.8 Å². The number of anilines is 1. The van der Waals surface area contributed by atoms with Gasteiger partial charge < -0.3 is 29.7 Å². The van der Waals surface area contributed by atoms with Gasteiger partial charge in [0.1, 0.15) is 30.4 Å². The largest absolute Gasteiger partial charge is 0.508 e. The highest BCUT2D eigenvalue weighted by Gasteiger charge is 2.36. The summed E-state index contributed by atoms with van der Waals surface area (Å²) < 4.78 is 18.2. The van der Waals surface area contributed by atoms with Crippen LogP contribution in [0.2, 0.25) is 0 Å². The summed E-state index contributed by atoms with van der Waals surface area (Å²) in [6.07, 6.45) is 15.2. The van der Waals surface area contributed by atoms with Crippen LogP contribution in [0, 0.1) is 17.4 Å². The minimum atomic E-state index is -0.382. The summed E-state index contributed by atoms with van der Waals surface area (Å²) >= 11 is 0. The van der Waals surface area contributed by atoms with Crippen LogP contribution in [0.4, 0.5) is 5.69 Å². The number of ether oxygens (including phenoxy) is 3. The van der Waals surface area contributed by atoms with Crippen LogP contribution < -0.4 is 14.8 Å². The van der Waals surface area contributed by atoms with Crippen molar-refractivity contribution in [2.75, 3.05) is 19.0 Å². The number of aryl methyl sites for hydroxylation is 2. The molecule has 7 rings (SSSR count). The first-order valence-electron chi connectivity index (χ1n) is 19.5. The number of hydrogen-bond acceptors (Lipinski definition) is 7. The lowest BCUT2D eigenvalue weighted by atomic mass is 9.75. The molecule has 2 aliphatic heterocycles. The Morgan fingerprint density at radius 1 is 0.981 bits per heavy atom. The third-order valence-electron chi connectivity index (χ3n) is 11.0. The van der Waals surface area contributed by atoms with E-state index in [2.05, 4.69) is 47.7 Å². The molecule has 53 heavy (non-hydrogen) atoms. The third-order valence-corrected chi connectivity index (χ3v) is 11.0. The molecular weight excluding hydrogens is 663 g/mol. The van der Waals surface area contributed by atoms with Gasteiger partial charge in [-0.2, -0.15) is 0 Å². The Kier molecular flexibility index (Phi) is 13.2. The summed E-state index contributed by atoms with van der Waals surface area (Å²) in [5.41, 5.74) is 5.31. The molecule has 4 aromatic rings. The number of hydrogen-bond donors (Lipinski definition) is 3. The highest BCUT2D eigenvalue weighted by Crippen LogP contribution is 2.47. The molecule has 2 atom stereocenters. The first-order chi connectivity index (χ1) is 25.8. The van der Waals surface area contributed by atoms with Crippen molar-refractivity contribution < 1.29 is 29.2 Å². The van der Waals surface area contributed by atoms with Crippen molar-refractivity contribution in [3.05, 3.63) is 95.1 Å². The van der Waals surface area contributed by atoms with Gasteiger partial charge in [-0.3, -0.25) is 4.79 Å². The fourth-order valence-electron chi connectivity index (χ4n) is 8.18. The maximum Gasteiger partial charge on any atom is 0.161 e. The van der Waals surface area contributed by atoms with Crippen LogP contribution in [-0.2, 0) is 35.4 Å². The van der Waals surface area contributed by atoms with Crippen molar-refractivity contribution >= 4 is 22.2 Å². The molecule has 1 aliphatic carbocycles. The summed E-state index contributed by atoms with van der Waals surface area (Å²) in [4.78, 5) is 13.6. The number of aliphatic hydroxyl groups excluding tert-OH is 1. The summed E-state index contributed by atoms with van der Waals surface area (Å²) in [5, 5.41) is 25.7. The van der Waals surface area contributed by atoms with Crippen LogP contribution in [0.25, 0.3) is 10.8 Å². The number of nitrogens with one attached hydrogen (secondary N) is 1. The SMILES string of the molecule is COc1ccc2cc1OCc1ccc3c(c(O)ccc3c1)CC#COC(CC1(CCCCCc3cccc(NCC(C)O)c3)CCCC1)CC(=O)CC2. The van der Waals surface area contributed by atoms with Crippen molar-refractivity contribution in [3.63, 3.8) is 0 Å². The lowest BCUT2D eigenvalue weighted by Gasteiger charge is -2.32. The zero-order valence-corrected chi connectivity index (χ0v) is 31.4. The van der Waals surface area contributed by atoms with Crippen molar-refractivity contribution in [2.24, 2.45) is 5.41 Å². The van der Waals surface area contributed by atoms with Crippen LogP contribution in [-0.4, -0.2) is 41.9 Å². The van der Waals surface area contributed by atoms with Crippen molar-refractivity contribution in [2.45, 2.75) is 116 Å². The van der Waals surface area contributed by atoms with E-state index in [1.54, 1.807) is 20.1 Å². The number of carbonyl (C=O) groups is 1. The number of ketones is 1. The molecular formula is C46H55NO6. The summed E-state index contributed by atoms with van der Waals surface area (Å²) in [6, 6.07) is 24.2. The summed E-state index contributed by atoms with van der Waals surface area (Å²) in [5.74, 6) is 4.87. The minimum Gasteiger partial charge on any atom is -0.508 e. The zero-order chi connectivity index (χ0) is 37.0. The van der Waals surface area contributed by atoms with Gasteiger partial charge in [0, 0.05) is 37.1 Å². The van der Waals surface area contributed by atoms with E-state index in [0.29, 0.717) is 50.3 Å². The smallest absolute Gasteiger partial charge is 0.161 e. The second-order valence-corrected chi connectivity index (χ2v) is 15.2. The summed E-state index contributed by atoms with van der Waals surface area (Å²) in [7, 11) is 1.64. The Bertz CT molecular complexity index is 1900. The van der Waals surface area contributed by atoms with Gasteiger partial charge in [-0.1, -0.05) is 68.0 Å². The number of methoxy groups -OCH3 is 1. The van der Waals surface area contributed by atoms with Gasteiger partial charge in [0.25, 0.3) is 0 Å². The van der Waals surface area contributed by atoms with Gasteiger partial charge in [-0.25, -0.2) is 0 Å². The van der Waals surface area contributed by atoms with E-state index in [1.807, 2.05) is 36.4 Å². The van der Waals surface area contributed by atoms with Gasteiger partial charge in [-0.05, 0) is 121 Å². The molecule has 0 spiro atoms. The van der Waals surface area contributed by atoms with Gasteiger partial charge in [0.05, 0.1) is 13.2 Å². The van der Waals surface area contributed by atoms with E-state index in [1.165, 1.54) is 18.4 Å². The van der Waals surface area contributed by atoms with E-state index < -0.39 is 0 Å². The predicted octanol–water partition coefficient (Wildman–Crippen LogP) is 9.47. The van der Waals surface area contributed by atoms with Gasteiger partial charge in [0.15, 0.2) is 11.5 Å². The monoisotopic (exact) mass is 717 g/mol. The molecule has 1 saturated carbocycles. The van der Waals surface area contributed by atoms with E-state index in [9.17, 15) is 15.0 Å². The van der Waals surface area contributed by atoms with Crippen molar-refractivity contribution in [1.82, 2.24) is 0 Å². The van der Waals surface area contributed by atoms with Crippen molar-refractivity contribution in [3.8, 4) is 29.3 Å². The molecule has 3 N–H and O–H groups in total. The fourth-order valence-corrected chi connectivity index (χ4v) is 8.18. The number of phenolic OH excluding ortho intramolecular Hbond substituents is 1. The Labute approximate surface area is 315 Å². The molecule has 2 unspecified atom stereocenters. The maximum atomic E-state index is 13.6. The van der Waals surface area contributed by atoms with E-state index in [0.717, 1.165) is 84.5 Å². The molecule has 0 saturated heterocycles. The Morgan fingerprint density at radius 2 is 1.83 bits per heavy atom. The standard InChI is InChI=1S/C46H55NO6/c1-33(48)31-47-38-12-8-11-34(27-38)10-4-3-5-22-46(23-6-7-24-46)30-40-29-39(49)18-14-35-16-21-44(51-2)45(28-35)53-32-36-15-19-41-37(26-36)17-20-43(50)42(41)13-9-25-52-40/h8,11-12,15-17,19-21,26-28,33,40,47-48,50H,3-7,10,13-14,18,22-24,29-32H2,1-2H3. The second-order valence-electron chi connectivity index (χ2n) is 15.2. The maximum absolute atomic E-state index is 13.6. The van der Waals surface area contributed by atoms with Crippen LogP contribution in [0.5, 0.6) is 17.2 Å². The van der Waals surface area contributed by atoms with E-state index in [-0.39, 0.29) is 29.2 Å². The number of unbranched alkanes of at least 4 members (excludes halogenated alkanes) is 2. The predicted molar refractivity (Wildman–Crippen MR) is 212 cm³/mol.